The molecule has 0 fully saturated rings. The van der Waals surface area contributed by atoms with Gasteiger partial charge in [-0.25, -0.2) is 0 Å². The largest absolute Gasteiger partial charge is 0.192 e. The standard InChI is InChI=1S/C28H31N/c1-2-3-4-5-6-7-23-14-18-27(19-15-23)28-20-16-25(17-21-28)9-8-24-10-12-26(22-29)13-11-24/h10-21H,2-9H2,1H3. The number of nitrogens with zero attached hydrogens (tertiary/aromatic N) is 1. The van der Waals surface area contributed by atoms with E-state index in [9.17, 15) is 0 Å². The summed E-state index contributed by atoms with van der Waals surface area (Å²) in [6.45, 7) is 2.26. The van der Waals surface area contributed by atoms with Gasteiger partial charge in [0, 0.05) is 0 Å². The smallest absolute Gasteiger partial charge is 0.0991 e. The summed E-state index contributed by atoms with van der Waals surface area (Å²) in [5.41, 5.74) is 7.37. The Labute approximate surface area is 176 Å². The van der Waals surface area contributed by atoms with Crippen LogP contribution in [-0.2, 0) is 19.3 Å². The van der Waals surface area contributed by atoms with Gasteiger partial charge in [0.1, 0.15) is 0 Å². The van der Waals surface area contributed by atoms with Crippen molar-refractivity contribution in [3.05, 3.63) is 95.1 Å². The van der Waals surface area contributed by atoms with E-state index in [0.29, 0.717) is 0 Å². The van der Waals surface area contributed by atoms with Crippen LogP contribution in [0, 0.1) is 11.3 Å². The number of aryl methyl sites for hydroxylation is 3. The molecule has 0 aromatic heterocycles. The van der Waals surface area contributed by atoms with Gasteiger partial charge in [-0.1, -0.05) is 93.3 Å². The second kappa shape index (κ2) is 11.2. The van der Waals surface area contributed by atoms with E-state index in [1.54, 1.807) is 0 Å². The minimum absolute atomic E-state index is 0.723. The molecule has 0 N–H and O–H groups in total. The molecule has 1 nitrogen and oxygen atoms in total. The summed E-state index contributed by atoms with van der Waals surface area (Å²) in [6.07, 6.45) is 9.89. The molecule has 0 amide bonds. The summed E-state index contributed by atoms with van der Waals surface area (Å²) in [5.74, 6) is 0. The summed E-state index contributed by atoms with van der Waals surface area (Å²) >= 11 is 0. The molecule has 3 rings (SSSR count). The molecule has 0 saturated heterocycles. The van der Waals surface area contributed by atoms with Crippen molar-refractivity contribution in [1.29, 1.82) is 5.26 Å². The molecule has 0 radical (unpaired) electrons. The molecule has 1 heteroatoms. The van der Waals surface area contributed by atoms with Crippen molar-refractivity contribution in [2.75, 3.05) is 0 Å². The SMILES string of the molecule is CCCCCCCc1ccc(-c2ccc(CCc3ccc(C#N)cc3)cc2)cc1. The Morgan fingerprint density at radius 1 is 0.552 bits per heavy atom. The number of nitriles is 1. The van der Waals surface area contributed by atoms with Gasteiger partial charge in [0.15, 0.2) is 0 Å². The molecular weight excluding hydrogens is 350 g/mol. The summed E-state index contributed by atoms with van der Waals surface area (Å²) in [6, 6.07) is 28.1. The van der Waals surface area contributed by atoms with Gasteiger partial charge in [-0.2, -0.15) is 5.26 Å². The fraction of sp³-hybridized carbons (Fsp3) is 0.321. The number of unbranched alkanes of at least 4 members (excludes halogenated alkanes) is 4. The van der Waals surface area contributed by atoms with Gasteiger partial charge in [-0.05, 0) is 65.6 Å². The number of rotatable bonds is 10. The maximum atomic E-state index is 8.89. The van der Waals surface area contributed by atoms with Gasteiger partial charge < -0.3 is 0 Å². The Morgan fingerprint density at radius 3 is 1.48 bits per heavy atom. The van der Waals surface area contributed by atoms with Gasteiger partial charge in [-0.3, -0.25) is 0 Å². The monoisotopic (exact) mass is 381 g/mol. The van der Waals surface area contributed by atoms with Crippen LogP contribution in [0.1, 0.15) is 61.3 Å². The third-order valence-electron chi connectivity index (χ3n) is 5.60. The molecule has 3 aromatic carbocycles. The molecule has 0 spiro atoms. The molecule has 0 atom stereocenters. The zero-order valence-electron chi connectivity index (χ0n) is 17.5. The number of hydrogen-bond donors (Lipinski definition) is 0. The lowest BCUT2D eigenvalue weighted by Crippen LogP contribution is -1.92. The Kier molecular flexibility index (Phi) is 8.08. The molecule has 0 bridgehead atoms. The van der Waals surface area contributed by atoms with E-state index < -0.39 is 0 Å². The lowest BCUT2D eigenvalue weighted by Gasteiger charge is -2.07. The lowest BCUT2D eigenvalue weighted by molar-refractivity contribution is 0.632. The van der Waals surface area contributed by atoms with Crippen LogP contribution in [0.3, 0.4) is 0 Å². The van der Waals surface area contributed by atoms with Crippen LogP contribution in [0.5, 0.6) is 0 Å². The second-order valence-electron chi connectivity index (χ2n) is 7.87. The van der Waals surface area contributed by atoms with E-state index in [-0.39, 0.29) is 0 Å². The quantitative estimate of drug-likeness (QED) is 0.333. The zero-order valence-corrected chi connectivity index (χ0v) is 17.5. The first-order chi connectivity index (χ1) is 14.3. The minimum atomic E-state index is 0.723. The first-order valence-corrected chi connectivity index (χ1v) is 11.0. The van der Waals surface area contributed by atoms with Crippen LogP contribution in [0.25, 0.3) is 11.1 Å². The van der Waals surface area contributed by atoms with E-state index in [0.717, 1.165) is 18.4 Å². The van der Waals surface area contributed by atoms with Crippen molar-refractivity contribution in [2.24, 2.45) is 0 Å². The van der Waals surface area contributed by atoms with Crippen molar-refractivity contribution < 1.29 is 0 Å². The fourth-order valence-corrected chi connectivity index (χ4v) is 3.70. The Bertz CT molecular complexity index is 897. The first kappa shape index (κ1) is 20.9. The van der Waals surface area contributed by atoms with Crippen molar-refractivity contribution in [2.45, 2.75) is 58.3 Å². The molecule has 0 aliphatic carbocycles. The van der Waals surface area contributed by atoms with Crippen molar-refractivity contribution in [3.8, 4) is 17.2 Å². The average Bonchev–Trinajstić information content (AvgIpc) is 2.79. The van der Waals surface area contributed by atoms with Gasteiger partial charge in [-0.15, -0.1) is 0 Å². The van der Waals surface area contributed by atoms with Crippen molar-refractivity contribution >= 4 is 0 Å². The van der Waals surface area contributed by atoms with Gasteiger partial charge in [0.25, 0.3) is 0 Å². The van der Waals surface area contributed by atoms with Crippen molar-refractivity contribution in [1.82, 2.24) is 0 Å². The second-order valence-corrected chi connectivity index (χ2v) is 7.87. The van der Waals surface area contributed by atoms with Crippen LogP contribution in [0.15, 0.2) is 72.8 Å². The van der Waals surface area contributed by atoms with E-state index in [4.69, 9.17) is 5.26 Å². The topological polar surface area (TPSA) is 23.8 Å². The van der Waals surface area contributed by atoms with E-state index in [1.807, 2.05) is 12.1 Å². The molecule has 0 saturated carbocycles. The number of hydrogen-bond acceptors (Lipinski definition) is 1. The lowest BCUT2D eigenvalue weighted by atomic mass is 9.98. The van der Waals surface area contributed by atoms with Gasteiger partial charge in [0.05, 0.1) is 11.6 Å². The molecular formula is C28H31N. The predicted octanol–water partition coefficient (Wildman–Crippen LogP) is 7.52. The number of benzene rings is 3. The highest BCUT2D eigenvalue weighted by atomic mass is 14.2. The summed E-state index contributed by atoms with van der Waals surface area (Å²) in [4.78, 5) is 0. The predicted molar refractivity (Wildman–Crippen MR) is 123 cm³/mol. The maximum absolute atomic E-state index is 8.89. The van der Waals surface area contributed by atoms with Crippen LogP contribution in [0.4, 0.5) is 0 Å². The van der Waals surface area contributed by atoms with Gasteiger partial charge >= 0.3 is 0 Å². The summed E-state index contributed by atoms with van der Waals surface area (Å²) < 4.78 is 0. The van der Waals surface area contributed by atoms with E-state index >= 15 is 0 Å². The molecule has 29 heavy (non-hydrogen) atoms. The summed E-state index contributed by atoms with van der Waals surface area (Å²) in [5, 5.41) is 8.89. The zero-order chi connectivity index (χ0) is 20.3. The maximum Gasteiger partial charge on any atom is 0.0991 e. The van der Waals surface area contributed by atoms with E-state index in [2.05, 4.69) is 73.7 Å². The minimum Gasteiger partial charge on any atom is -0.192 e. The average molecular weight is 382 g/mol. The van der Waals surface area contributed by atoms with E-state index in [1.165, 1.54) is 66.3 Å². The Balaban J connectivity index is 1.50. The van der Waals surface area contributed by atoms with Crippen LogP contribution < -0.4 is 0 Å². The third-order valence-corrected chi connectivity index (χ3v) is 5.60. The molecule has 0 aliphatic rings. The van der Waals surface area contributed by atoms with Crippen molar-refractivity contribution in [3.63, 3.8) is 0 Å². The highest BCUT2D eigenvalue weighted by Gasteiger charge is 2.01. The van der Waals surface area contributed by atoms with Gasteiger partial charge in [0.2, 0.25) is 0 Å². The normalized spacial score (nSPS) is 10.6. The molecule has 0 aliphatic heterocycles. The van der Waals surface area contributed by atoms with Crippen LogP contribution in [-0.4, -0.2) is 0 Å². The van der Waals surface area contributed by atoms with Crippen LogP contribution >= 0.6 is 0 Å². The highest BCUT2D eigenvalue weighted by Crippen LogP contribution is 2.22. The Morgan fingerprint density at radius 2 is 1.00 bits per heavy atom. The Hall–Kier alpha value is -2.85. The molecule has 148 valence electrons. The molecule has 0 heterocycles. The molecule has 0 unspecified atom stereocenters. The molecule has 3 aromatic rings. The summed E-state index contributed by atoms with van der Waals surface area (Å²) in [7, 11) is 0. The fourth-order valence-electron chi connectivity index (χ4n) is 3.70. The highest BCUT2D eigenvalue weighted by molar-refractivity contribution is 5.64. The first-order valence-electron chi connectivity index (χ1n) is 11.0. The third kappa shape index (κ3) is 6.61. The van der Waals surface area contributed by atoms with Crippen LogP contribution in [0.2, 0.25) is 0 Å².